The predicted molar refractivity (Wildman–Crippen MR) is 162 cm³/mol. The number of nitrogens with one attached hydrogen (secondary N) is 2. The molecule has 0 radical (unpaired) electrons. The highest BCUT2D eigenvalue weighted by Crippen LogP contribution is 2.39. The van der Waals surface area contributed by atoms with Crippen LogP contribution >= 0.6 is 0 Å². The van der Waals surface area contributed by atoms with Crippen molar-refractivity contribution in [1.82, 2.24) is 4.57 Å². The van der Waals surface area contributed by atoms with E-state index in [1.54, 1.807) is 48.5 Å². The number of halogens is 2. The molecule has 1 saturated heterocycles. The molecular weight excluding hydrogens is 570 g/mol. The van der Waals surface area contributed by atoms with Gasteiger partial charge in [-0.3, -0.25) is 14.4 Å². The van der Waals surface area contributed by atoms with Gasteiger partial charge < -0.3 is 29.6 Å². The molecule has 9 nitrogen and oxygen atoms in total. The number of hydrogen-bond acceptors (Lipinski definition) is 6. The smallest absolute Gasteiger partial charge is 0.255 e. The lowest BCUT2D eigenvalue weighted by Crippen LogP contribution is -2.47. The first kappa shape index (κ1) is 28.9. The van der Waals surface area contributed by atoms with Crippen molar-refractivity contribution >= 4 is 28.9 Å². The van der Waals surface area contributed by atoms with Gasteiger partial charge in [0.25, 0.3) is 17.4 Å². The van der Waals surface area contributed by atoms with Crippen molar-refractivity contribution < 1.29 is 27.8 Å². The normalized spacial score (nSPS) is 17.0. The number of carbonyl (C=O) groups is 2. The van der Waals surface area contributed by atoms with Gasteiger partial charge in [-0.15, -0.1) is 0 Å². The lowest BCUT2D eigenvalue weighted by Gasteiger charge is -2.44. The summed E-state index contributed by atoms with van der Waals surface area (Å²) in [7, 11) is 2.98. The van der Waals surface area contributed by atoms with Gasteiger partial charge in [0.2, 0.25) is 0 Å². The Balaban J connectivity index is 1.34. The molecule has 226 valence electrons. The Morgan fingerprint density at radius 2 is 1.55 bits per heavy atom. The van der Waals surface area contributed by atoms with Crippen molar-refractivity contribution in [2.45, 2.75) is 18.9 Å². The minimum absolute atomic E-state index is 0.0104. The molecule has 2 bridgehead atoms. The number of pyridine rings is 1. The maximum Gasteiger partial charge on any atom is 0.255 e. The van der Waals surface area contributed by atoms with E-state index >= 15 is 0 Å². The molecule has 1 fully saturated rings. The molecule has 2 unspecified atom stereocenters. The molecule has 3 aromatic carbocycles. The van der Waals surface area contributed by atoms with Gasteiger partial charge in [-0.05, 0) is 60.9 Å². The van der Waals surface area contributed by atoms with Gasteiger partial charge in [0.1, 0.15) is 11.5 Å². The van der Waals surface area contributed by atoms with E-state index in [0.717, 1.165) is 24.2 Å². The summed E-state index contributed by atoms with van der Waals surface area (Å²) in [6, 6.07) is 18.2. The van der Waals surface area contributed by atoms with Gasteiger partial charge in [0, 0.05) is 66.3 Å². The summed E-state index contributed by atoms with van der Waals surface area (Å²) >= 11 is 0. The van der Waals surface area contributed by atoms with Gasteiger partial charge in [0.05, 0.1) is 25.6 Å². The van der Waals surface area contributed by atoms with Gasteiger partial charge in [-0.25, -0.2) is 8.78 Å². The molecule has 1 aromatic heterocycles. The third kappa shape index (κ3) is 5.72. The Hall–Kier alpha value is -5.19. The first-order chi connectivity index (χ1) is 21.2. The van der Waals surface area contributed by atoms with Crippen LogP contribution in [-0.2, 0) is 6.54 Å². The van der Waals surface area contributed by atoms with Gasteiger partial charge >= 0.3 is 0 Å². The predicted octanol–water partition coefficient (Wildman–Crippen LogP) is 5.27. The molecule has 44 heavy (non-hydrogen) atoms. The molecule has 0 saturated carbocycles. The molecule has 2 aliphatic rings. The fourth-order valence-corrected chi connectivity index (χ4v) is 6.06. The number of ether oxygens (including phenoxy) is 2. The fraction of sp³-hybridized carbons (Fsp3) is 0.242. The number of aromatic nitrogens is 1. The minimum Gasteiger partial charge on any atom is -0.497 e. The second-order valence-corrected chi connectivity index (χ2v) is 11.0. The molecule has 2 atom stereocenters. The molecule has 6 rings (SSSR count). The zero-order valence-electron chi connectivity index (χ0n) is 24.1. The van der Waals surface area contributed by atoms with Crippen LogP contribution in [-0.4, -0.2) is 43.7 Å². The van der Waals surface area contributed by atoms with Crippen LogP contribution in [0, 0.1) is 17.6 Å². The third-order valence-electron chi connectivity index (χ3n) is 8.12. The number of rotatable bonds is 7. The number of amides is 2. The van der Waals surface area contributed by atoms with Crippen molar-refractivity contribution in [3.8, 4) is 11.5 Å². The molecule has 0 spiro atoms. The highest BCUT2D eigenvalue weighted by atomic mass is 19.2. The standard InChI is InChI=1S/C33H30F2N4O5/c1-43-24-11-21(12-25(15-24)44-2)33(42)37-28-13-20(32(41)36-23-7-8-26(34)27(35)14-23)6-9-30(28)38-16-19-10-22(18-38)29-4-3-5-31(40)39(29)17-19/h3-9,11-15,19,22H,10,16-18H2,1-2H3,(H,36,41)(H,37,42). The molecule has 11 heteroatoms. The lowest BCUT2D eigenvalue weighted by atomic mass is 9.83. The number of piperidine rings is 1. The number of benzene rings is 3. The molecule has 2 N–H and O–H groups in total. The van der Waals surface area contributed by atoms with E-state index in [2.05, 4.69) is 15.5 Å². The average Bonchev–Trinajstić information content (AvgIpc) is 3.03. The SMILES string of the molecule is COc1cc(OC)cc(C(=O)Nc2cc(C(=O)Nc3ccc(F)c(F)c3)ccc2N2CC3CC(C2)c2cccc(=O)n2C3)c1. The maximum absolute atomic E-state index is 13.8. The number of methoxy groups -OCH3 is 2. The van der Waals surface area contributed by atoms with Crippen molar-refractivity contribution in [1.29, 1.82) is 0 Å². The van der Waals surface area contributed by atoms with E-state index in [1.807, 2.05) is 10.6 Å². The van der Waals surface area contributed by atoms with Crippen LogP contribution in [0.25, 0.3) is 0 Å². The number of anilines is 3. The molecule has 4 aromatic rings. The van der Waals surface area contributed by atoms with E-state index in [-0.39, 0.29) is 34.2 Å². The topological polar surface area (TPSA) is 102 Å². The van der Waals surface area contributed by atoms with E-state index in [4.69, 9.17) is 9.47 Å². The molecule has 0 aliphatic carbocycles. The second-order valence-electron chi connectivity index (χ2n) is 11.0. The minimum atomic E-state index is -1.08. The highest BCUT2D eigenvalue weighted by Gasteiger charge is 2.35. The van der Waals surface area contributed by atoms with Crippen LogP contribution < -0.4 is 30.6 Å². The Morgan fingerprint density at radius 3 is 2.27 bits per heavy atom. The quantitative estimate of drug-likeness (QED) is 0.300. The summed E-state index contributed by atoms with van der Waals surface area (Å²) in [6.07, 6.45) is 0.944. The van der Waals surface area contributed by atoms with E-state index in [1.165, 1.54) is 20.3 Å². The molecule has 2 aliphatic heterocycles. The summed E-state index contributed by atoms with van der Waals surface area (Å²) in [4.78, 5) is 41.4. The number of nitrogens with zero attached hydrogens (tertiary/aromatic N) is 2. The van der Waals surface area contributed by atoms with Crippen LogP contribution in [0.3, 0.4) is 0 Å². The first-order valence-electron chi connectivity index (χ1n) is 14.1. The second kappa shape index (κ2) is 11.8. The van der Waals surface area contributed by atoms with Crippen molar-refractivity contribution in [2.24, 2.45) is 5.92 Å². The highest BCUT2D eigenvalue weighted by molar-refractivity contribution is 6.09. The largest absolute Gasteiger partial charge is 0.497 e. The van der Waals surface area contributed by atoms with E-state index < -0.39 is 23.4 Å². The molecule has 3 heterocycles. The Morgan fingerprint density at radius 1 is 0.795 bits per heavy atom. The monoisotopic (exact) mass is 600 g/mol. The summed E-state index contributed by atoms with van der Waals surface area (Å²) in [5, 5.41) is 5.54. The van der Waals surface area contributed by atoms with E-state index in [0.29, 0.717) is 42.5 Å². The van der Waals surface area contributed by atoms with Gasteiger partial charge in [-0.1, -0.05) is 6.07 Å². The van der Waals surface area contributed by atoms with Crippen LogP contribution in [0.2, 0.25) is 0 Å². The Kier molecular flexibility index (Phi) is 7.77. The zero-order chi connectivity index (χ0) is 31.0. The summed E-state index contributed by atoms with van der Waals surface area (Å²) < 4.78 is 39.7. The maximum atomic E-state index is 13.8. The fourth-order valence-electron chi connectivity index (χ4n) is 6.06. The van der Waals surface area contributed by atoms with Crippen LogP contribution in [0.5, 0.6) is 11.5 Å². The third-order valence-corrected chi connectivity index (χ3v) is 8.12. The molecule has 2 amide bonds. The Labute approximate surface area is 252 Å². The summed E-state index contributed by atoms with van der Waals surface area (Å²) in [5.41, 5.74) is 2.64. The van der Waals surface area contributed by atoms with Crippen LogP contribution in [0.1, 0.15) is 38.7 Å². The van der Waals surface area contributed by atoms with Gasteiger partial charge in [0.15, 0.2) is 11.6 Å². The Bertz CT molecular complexity index is 1800. The van der Waals surface area contributed by atoms with Crippen molar-refractivity contribution in [3.05, 3.63) is 112 Å². The number of fused-ring (bicyclic) bond motifs is 4. The van der Waals surface area contributed by atoms with Crippen LogP contribution in [0.15, 0.2) is 77.6 Å². The van der Waals surface area contributed by atoms with Crippen molar-refractivity contribution in [3.63, 3.8) is 0 Å². The number of hydrogen-bond donors (Lipinski definition) is 2. The number of carbonyl (C=O) groups excluding carboxylic acids is 2. The first-order valence-corrected chi connectivity index (χ1v) is 14.1. The molecular formula is C33H30F2N4O5. The lowest BCUT2D eigenvalue weighted by molar-refractivity contribution is 0.101. The summed E-state index contributed by atoms with van der Waals surface area (Å²) in [5.74, 6) is -1.92. The van der Waals surface area contributed by atoms with Crippen LogP contribution in [0.4, 0.5) is 25.8 Å². The summed E-state index contributed by atoms with van der Waals surface area (Å²) in [6.45, 7) is 1.85. The van der Waals surface area contributed by atoms with Gasteiger partial charge in [-0.2, -0.15) is 0 Å². The zero-order valence-corrected chi connectivity index (χ0v) is 24.1. The average molecular weight is 601 g/mol. The van der Waals surface area contributed by atoms with Crippen molar-refractivity contribution in [2.75, 3.05) is 42.8 Å². The van der Waals surface area contributed by atoms with E-state index in [9.17, 15) is 23.2 Å².